The lowest BCUT2D eigenvalue weighted by atomic mass is 9.95. The number of rotatable bonds is 5. The maximum absolute atomic E-state index is 13.2. The van der Waals surface area contributed by atoms with Crippen LogP contribution in [0, 0.1) is 6.92 Å². The molecule has 1 unspecified atom stereocenters. The average molecular weight is 443 g/mol. The number of ether oxygens (including phenoxy) is 1. The first-order chi connectivity index (χ1) is 15.8. The maximum Gasteiger partial charge on any atom is 0.300 e. The van der Waals surface area contributed by atoms with Gasteiger partial charge >= 0.3 is 0 Å². The summed E-state index contributed by atoms with van der Waals surface area (Å²) in [6.45, 7) is 5.69. The van der Waals surface area contributed by atoms with Crippen LogP contribution in [0.1, 0.15) is 36.6 Å². The quantitative estimate of drug-likeness (QED) is 0.325. The van der Waals surface area contributed by atoms with E-state index in [0.29, 0.717) is 22.6 Å². The molecule has 3 aromatic rings. The van der Waals surface area contributed by atoms with E-state index in [0.717, 1.165) is 5.56 Å². The number of carbonyl (C=O) groups is 2. The number of carbonyl (C=O) groups excluding carboxylic acids is 2. The molecule has 2 N–H and O–H groups in total. The van der Waals surface area contributed by atoms with Crippen molar-refractivity contribution in [2.24, 2.45) is 0 Å². The van der Waals surface area contributed by atoms with Crippen LogP contribution in [0.15, 0.2) is 78.4 Å². The van der Waals surface area contributed by atoms with Gasteiger partial charge in [0, 0.05) is 11.3 Å². The predicted molar refractivity (Wildman–Crippen MR) is 126 cm³/mol. The topological polar surface area (TPSA) is 87.1 Å². The van der Waals surface area contributed by atoms with E-state index >= 15 is 0 Å². The first-order valence-electron chi connectivity index (χ1n) is 10.7. The summed E-state index contributed by atoms with van der Waals surface area (Å²) in [6.07, 6.45) is -0.0636. The van der Waals surface area contributed by atoms with Crippen molar-refractivity contribution in [1.29, 1.82) is 0 Å². The molecule has 6 heteroatoms. The molecular formula is C27H25NO5. The fourth-order valence-electron chi connectivity index (χ4n) is 3.99. The normalized spacial score (nSPS) is 17.6. The van der Waals surface area contributed by atoms with Gasteiger partial charge in [-0.3, -0.25) is 14.5 Å². The first kappa shape index (κ1) is 22.1. The van der Waals surface area contributed by atoms with Crippen molar-refractivity contribution in [2.75, 3.05) is 4.90 Å². The molecule has 0 saturated carbocycles. The fraction of sp³-hybridized carbons (Fsp3) is 0.185. The van der Waals surface area contributed by atoms with Gasteiger partial charge in [-0.05, 0) is 68.3 Å². The molecule has 0 bridgehead atoms. The van der Waals surface area contributed by atoms with Crippen LogP contribution in [0.3, 0.4) is 0 Å². The minimum absolute atomic E-state index is 0.0195. The zero-order chi connectivity index (χ0) is 23.7. The molecule has 1 saturated heterocycles. The van der Waals surface area contributed by atoms with Crippen molar-refractivity contribution >= 4 is 23.1 Å². The molecule has 33 heavy (non-hydrogen) atoms. The number of aryl methyl sites for hydroxylation is 1. The van der Waals surface area contributed by atoms with Crippen LogP contribution in [0.2, 0.25) is 0 Å². The number of amides is 1. The van der Waals surface area contributed by atoms with Crippen LogP contribution in [0.25, 0.3) is 5.76 Å². The van der Waals surface area contributed by atoms with Crippen LogP contribution in [0.4, 0.5) is 5.69 Å². The van der Waals surface area contributed by atoms with Gasteiger partial charge in [-0.1, -0.05) is 36.4 Å². The van der Waals surface area contributed by atoms with Crippen LogP contribution >= 0.6 is 0 Å². The minimum Gasteiger partial charge on any atom is -0.508 e. The molecule has 0 spiro atoms. The number of phenols is 1. The second kappa shape index (κ2) is 8.82. The summed E-state index contributed by atoms with van der Waals surface area (Å²) >= 11 is 0. The molecule has 1 aliphatic rings. The summed E-state index contributed by atoms with van der Waals surface area (Å²) < 4.78 is 5.72. The maximum atomic E-state index is 13.2. The number of phenolic OH excluding ortho intramolecular Hbond substituents is 1. The highest BCUT2D eigenvalue weighted by Crippen LogP contribution is 2.42. The minimum atomic E-state index is -0.859. The van der Waals surface area contributed by atoms with Crippen molar-refractivity contribution in [3.8, 4) is 11.5 Å². The zero-order valence-corrected chi connectivity index (χ0v) is 18.6. The highest BCUT2D eigenvalue weighted by molar-refractivity contribution is 6.51. The Balaban J connectivity index is 1.91. The Morgan fingerprint density at radius 2 is 1.67 bits per heavy atom. The van der Waals surface area contributed by atoms with Gasteiger partial charge < -0.3 is 14.9 Å². The lowest BCUT2D eigenvalue weighted by molar-refractivity contribution is -0.132. The molecule has 168 valence electrons. The van der Waals surface area contributed by atoms with Gasteiger partial charge in [0.05, 0.1) is 17.7 Å². The average Bonchev–Trinajstić information content (AvgIpc) is 3.04. The third-order valence-electron chi connectivity index (χ3n) is 5.41. The van der Waals surface area contributed by atoms with Crippen molar-refractivity contribution in [2.45, 2.75) is 32.9 Å². The summed E-state index contributed by atoms with van der Waals surface area (Å²) in [5.74, 6) is -1.18. The summed E-state index contributed by atoms with van der Waals surface area (Å²) in [5.41, 5.74) is 2.42. The Labute approximate surface area is 192 Å². The summed E-state index contributed by atoms with van der Waals surface area (Å²) in [4.78, 5) is 27.8. The van der Waals surface area contributed by atoms with E-state index in [-0.39, 0.29) is 23.2 Å². The van der Waals surface area contributed by atoms with Crippen molar-refractivity contribution in [1.82, 2.24) is 0 Å². The number of aromatic hydroxyl groups is 1. The Hall–Kier alpha value is -4.06. The Morgan fingerprint density at radius 1 is 0.970 bits per heavy atom. The molecular weight excluding hydrogens is 418 g/mol. The van der Waals surface area contributed by atoms with Gasteiger partial charge in [0.15, 0.2) is 0 Å². The highest BCUT2D eigenvalue weighted by Gasteiger charge is 2.47. The fourth-order valence-corrected chi connectivity index (χ4v) is 3.99. The molecule has 0 aromatic heterocycles. The van der Waals surface area contributed by atoms with Crippen LogP contribution in [-0.4, -0.2) is 28.0 Å². The number of ketones is 1. The summed E-state index contributed by atoms with van der Waals surface area (Å²) in [7, 11) is 0. The number of benzene rings is 3. The van der Waals surface area contributed by atoms with Crippen molar-refractivity contribution < 1.29 is 24.5 Å². The molecule has 1 atom stereocenters. The number of nitrogens with zero attached hydrogens (tertiary/aromatic N) is 1. The lowest BCUT2D eigenvalue weighted by Crippen LogP contribution is -2.29. The Kier molecular flexibility index (Phi) is 5.92. The summed E-state index contributed by atoms with van der Waals surface area (Å²) in [6, 6.07) is 19.5. The van der Waals surface area contributed by atoms with Gasteiger partial charge in [0.25, 0.3) is 11.7 Å². The van der Waals surface area contributed by atoms with Crippen LogP contribution < -0.4 is 9.64 Å². The molecule has 1 amide bonds. The molecule has 1 fully saturated rings. The van der Waals surface area contributed by atoms with Crippen LogP contribution in [-0.2, 0) is 9.59 Å². The molecule has 6 nitrogen and oxygen atoms in total. The van der Waals surface area contributed by atoms with E-state index in [1.54, 1.807) is 42.5 Å². The van der Waals surface area contributed by atoms with Gasteiger partial charge in [0.2, 0.25) is 0 Å². The number of anilines is 1. The second-order valence-electron chi connectivity index (χ2n) is 8.29. The monoisotopic (exact) mass is 443 g/mol. The van der Waals surface area contributed by atoms with Crippen LogP contribution in [0.5, 0.6) is 11.5 Å². The van der Waals surface area contributed by atoms with Gasteiger partial charge in [-0.25, -0.2) is 0 Å². The predicted octanol–water partition coefficient (Wildman–Crippen LogP) is 5.11. The third kappa shape index (κ3) is 4.32. The van der Waals surface area contributed by atoms with Crippen molar-refractivity contribution in [3.05, 3.63) is 95.1 Å². The first-order valence-corrected chi connectivity index (χ1v) is 10.7. The number of Topliss-reactive ketones (excluding diaryl/α,β-unsaturated/α-hetero) is 1. The molecule has 4 rings (SSSR count). The molecule has 1 aliphatic heterocycles. The molecule has 3 aromatic carbocycles. The number of aliphatic hydroxyl groups is 1. The molecule has 1 heterocycles. The number of hydrogen-bond donors (Lipinski definition) is 2. The standard InChI is InChI=1S/C27H25NO5/c1-16(2)33-22-9-5-7-19(15-22)25(30)23-24(18-10-12-21(29)13-11-18)28(27(32)26(23)31)20-8-4-6-17(3)14-20/h4-16,24,29-30H,1-3H3/b25-23+. The number of aliphatic hydroxyl groups excluding tert-OH is 1. The number of hydrogen-bond acceptors (Lipinski definition) is 5. The lowest BCUT2D eigenvalue weighted by Gasteiger charge is -2.25. The van der Waals surface area contributed by atoms with E-state index in [2.05, 4.69) is 0 Å². The highest BCUT2D eigenvalue weighted by atomic mass is 16.5. The van der Waals surface area contributed by atoms with E-state index in [9.17, 15) is 19.8 Å². The Morgan fingerprint density at radius 3 is 2.33 bits per heavy atom. The SMILES string of the molecule is Cc1cccc(N2C(=O)C(=O)/C(=C(/O)c3cccc(OC(C)C)c3)C2c2ccc(O)cc2)c1. The van der Waals surface area contributed by atoms with Crippen molar-refractivity contribution in [3.63, 3.8) is 0 Å². The second-order valence-corrected chi connectivity index (χ2v) is 8.29. The van der Waals surface area contributed by atoms with E-state index in [4.69, 9.17) is 4.74 Å². The van der Waals surface area contributed by atoms with Gasteiger partial charge in [-0.2, -0.15) is 0 Å². The van der Waals surface area contributed by atoms with E-state index in [1.165, 1.54) is 17.0 Å². The smallest absolute Gasteiger partial charge is 0.300 e. The molecule has 0 aliphatic carbocycles. The summed E-state index contributed by atoms with van der Waals surface area (Å²) in [5, 5.41) is 21.0. The largest absolute Gasteiger partial charge is 0.508 e. The zero-order valence-electron chi connectivity index (χ0n) is 18.6. The van der Waals surface area contributed by atoms with Gasteiger partial charge in [0.1, 0.15) is 17.3 Å². The third-order valence-corrected chi connectivity index (χ3v) is 5.41. The molecule has 0 radical (unpaired) electrons. The Bertz CT molecular complexity index is 1240. The van der Waals surface area contributed by atoms with Gasteiger partial charge in [-0.15, -0.1) is 0 Å². The van der Waals surface area contributed by atoms with E-state index in [1.807, 2.05) is 39.0 Å². The van der Waals surface area contributed by atoms with E-state index < -0.39 is 17.7 Å².